The second-order valence-electron chi connectivity index (χ2n) is 8.16. The van der Waals surface area contributed by atoms with Crippen molar-refractivity contribution < 1.29 is 4.74 Å². The summed E-state index contributed by atoms with van der Waals surface area (Å²) in [7, 11) is 1.97. The Morgan fingerprint density at radius 2 is 1.97 bits per heavy atom. The number of guanidine groups is 1. The highest BCUT2D eigenvalue weighted by atomic mass is 127. The number of unbranched alkanes of at least 4 members (excludes halogenated alkanes) is 1. The molecule has 0 amide bonds. The number of hydrogen-bond acceptors (Lipinski definition) is 4. The molecular formula is C23H39IN6O. The number of nitrogens with zero attached hydrogens (tertiary/aromatic N) is 4. The molecule has 7 nitrogen and oxygen atoms in total. The highest BCUT2D eigenvalue weighted by Crippen LogP contribution is 2.22. The van der Waals surface area contributed by atoms with Gasteiger partial charge in [0.25, 0.3) is 0 Å². The lowest BCUT2D eigenvalue weighted by molar-refractivity contribution is 0.287. The van der Waals surface area contributed by atoms with Crippen LogP contribution >= 0.6 is 24.0 Å². The van der Waals surface area contributed by atoms with Gasteiger partial charge in [0.15, 0.2) is 11.8 Å². The minimum absolute atomic E-state index is 0. The Hall–Kier alpha value is -1.84. The van der Waals surface area contributed by atoms with Crippen LogP contribution in [0.1, 0.15) is 62.8 Å². The van der Waals surface area contributed by atoms with Crippen LogP contribution in [0.3, 0.4) is 0 Å². The van der Waals surface area contributed by atoms with E-state index in [9.17, 15) is 0 Å². The summed E-state index contributed by atoms with van der Waals surface area (Å²) in [6.45, 7) is 13.4. The molecule has 0 aliphatic heterocycles. The van der Waals surface area contributed by atoms with Gasteiger partial charge in [-0.05, 0) is 44.2 Å². The molecule has 1 heterocycles. The van der Waals surface area contributed by atoms with Crippen molar-refractivity contribution in [1.82, 2.24) is 25.4 Å². The summed E-state index contributed by atoms with van der Waals surface area (Å²) in [5.74, 6) is 4.10. The smallest absolute Gasteiger partial charge is 0.191 e. The first-order valence-corrected chi connectivity index (χ1v) is 11.0. The highest BCUT2D eigenvalue weighted by molar-refractivity contribution is 14.0. The van der Waals surface area contributed by atoms with Crippen LogP contribution in [0.15, 0.2) is 23.2 Å². The molecule has 2 N–H and O–H groups in total. The van der Waals surface area contributed by atoms with Crippen molar-refractivity contribution in [3.8, 4) is 5.75 Å². The van der Waals surface area contributed by atoms with Crippen molar-refractivity contribution in [3.63, 3.8) is 0 Å². The summed E-state index contributed by atoms with van der Waals surface area (Å²) in [5.41, 5.74) is 2.29. The van der Waals surface area contributed by atoms with Crippen molar-refractivity contribution in [2.75, 3.05) is 13.2 Å². The normalized spacial score (nSPS) is 11.4. The number of hydrogen-bond donors (Lipinski definition) is 2. The summed E-state index contributed by atoms with van der Waals surface area (Å²) in [6, 6.07) is 6.32. The van der Waals surface area contributed by atoms with Crippen molar-refractivity contribution in [3.05, 3.63) is 41.0 Å². The predicted molar refractivity (Wildman–Crippen MR) is 138 cm³/mol. The molecule has 1 aromatic heterocycles. The van der Waals surface area contributed by atoms with Crippen LogP contribution in [0.25, 0.3) is 0 Å². The zero-order valence-electron chi connectivity index (χ0n) is 19.9. The fourth-order valence-corrected chi connectivity index (χ4v) is 2.82. The first kappa shape index (κ1) is 27.2. The minimum Gasteiger partial charge on any atom is -0.493 e. The van der Waals surface area contributed by atoms with Crippen molar-refractivity contribution >= 4 is 29.9 Å². The van der Waals surface area contributed by atoms with Gasteiger partial charge in [0, 0.05) is 19.2 Å². The average molecular weight is 543 g/mol. The highest BCUT2D eigenvalue weighted by Gasteiger charge is 2.08. The Morgan fingerprint density at radius 1 is 1.19 bits per heavy atom. The molecule has 174 valence electrons. The summed E-state index contributed by atoms with van der Waals surface area (Å²) in [4.78, 5) is 4.81. The monoisotopic (exact) mass is 542 g/mol. The fourth-order valence-electron chi connectivity index (χ4n) is 2.82. The summed E-state index contributed by atoms with van der Waals surface area (Å²) >= 11 is 0. The van der Waals surface area contributed by atoms with Gasteiger partial charge in [0.05, 0.1) is 19.7 Å². The Kier molecular flexibility index (Phi) is 12.5. The summed E-state index contributed by atoms with van der Waals surface area (Å²) in [6.07, 6.45) is 3.27. The zero-order chi connectivity index (χ0) is 21.9. The Morgan fingerprint density at radius 3 is 2.61 bits per heavy atom. The third-order valence-electron chi connectivity index (χ3n) is 5.00. The van der Waals surface area contributed by atoms with E-state index in [0.29, 0.717) is 19.0 Å². The van der Waals surface area contributed by atoms with E-state index in [1.807, 2.05) is 18.5 Å². The molecule has 31 heavy (non-hydrogen) atoms. The number of ether oxygens (including phenoxy) is 1. The van der Waals surface area contributed by atoms with Crippen LogP contribution in [0.2, 0.25) is 0 Å². The molecule has 0 aliphatic carbocycles. The maximum absolute atomic E-state index is 6.08. The Labute approximate surface area is 204 Å². The molecule has 0 bridgehead atoms. The van der Waals surface area contributed by atoms with E-state index in [-0.39, 0.29) is 24.0 Å². The maximum Gasteiger partial charge on any atom is 0.191 e. The van der Waals surface area contributed by atoms with Crippen LogP contribution in [-0.2, 0) is 20.1 Å². The quantitative estimate of drug-likeness (QED) is 0.189. The molecule has 0 saturated carbocycles. The fraction of sp³-hybridized carbons (Fsp3) is 0.609. The number of halogens is 1. The van der Waals surface area contributed by atoms with Gasteiger partial charge in [0.1, 0.15) is 11.6 Å². The van der Waals surface area contributed by atoms with Gasteiger partial charge >= 0.3 is 0 Å². The summed E-state index contributed by atoms with van der Waals surface area (Å²) < 4.78 is 8.06. The van der Waals surface area contributed by atoms with Gasteiger partial charge in [-0.15, -0.1) is 34.2 Å². The number of rotatable bonds is 11. The lowest BCUT2D eigenvalue weighted by Gasteiger charge is -2.15. The van der Waals surface area contributed by atoms with E-state index in [1.165, 1.54) is 5.56 Å². The lowest BCUT2D eigenvalue weighted by atomic mass is 10.1. The second kappa shape index (κ2) is 14.3. The molecule has 1 aromatic carbocycles. The zero-order valence-corrected chi connectivity index (χ0v) is 22.2. The van der Waals surface area contributed by atoms with E-state index in [1.54, 1.807) is 0 Å². The molecule has 0 fully saturated rings. The van der Waals surface area contributed by atoms with E-state index >= 15 is 0 Å². The lowest BCUT2D eigenvalue weighted by Crippen LogP contribution is -2.38. The first-order valence-electron chi connectivity index (χ1n) is 11.0. The molecule has 0 saturated heterocycles. The number of aliphatic imine (C=N–C) groups is 1. The maximum atomic E-state index is 6.08. The third-order valence-corrected chi connectivity index (χ3v) is 5.00. The first-order chi connectivity index (χ1) is 14.4. The molecule has 0 unspecified atom stereocenters. The van der Waals surface area contributed by atoms with Gasteiger partial charge in [-0.3, -0.25) is 0 Å². The van der Waals surface area contributed by atoms with E-state index in [4.69, 9.17) is 9.73 Å². The number of nitrogens with one attached hydrogen (secondary N) is 2. The van der Waals surface area contributed by atoms with Gasteiger partial charge in [-0.2, -0.15) is 0 Å². The largest absolute Gasteiger partial charge is 0.493 e. The molecule has 2 rings (SSSR count). The molecule has 0 radical (unpaired) electrons. The number of aryl methyl sites for hydroxylation is 2. The SMILES string of the molecule is CCCCNC(=NCc1ccc(C)cc1OCCC(C)C)NCc1nnc(C)n1C.I. The predicted octanol–water partition coefficient (Wildman–Crippen LogP) is 4.51. The molecule has 8 heteroatoms. The average Bonchev–Trinajstić information content (AvgIpc) is 3.02. The Balaban J connectivity index is 0.00000480. The molecule has 2 aromatic rings. The number of aromatic nitrogens is 3. The van der Waals surface area contributed by atoms with Crippen LogP contribution in [0.5, 0.6) is 5.75 Å². The molecule has 0 atom stereocenters. The van der Waals surface area contributed by atoms with Crippen LogP contribution in [0, 0.1) is 19.8 Å². The van der Waals surface area contributed by atoms with Gasteiger partial charge in [0.2, 0.25) is 0 Å². The van der Waals surface area contributed by atoms with Crippen molar-refractivity contribution in [2.45, 2.75) is 67.0 Å². The third kappa shape index (κ3) is 9.45. The van der Waals surface area contributed by atoms with Crippen molar-refractivity contribution in [2.24, 2.45) is 18.0 Å². The van der Waals surface area contributed by atoms with E-state index < -0.39 is 0 Å². The van der Waals surface area contributed by atoms with E-state index in [2.05, 4.69) is 66.7 Å². The van der Waals surface area contributed by atoms with Crippen LogP contribution in [-0.4, -0.2) is 33.9 Å². The van der Waals surface area contributed by atoms with Gasteiger partial charge < -0.3 is 19.9 Å². The van der Waals surface area contributed by atoms with Crippen molar-refractivity contribution in [1.29, 1.82) is 0 Å². The standard InChI is InChI=1S/C23H38N6O.HI/c1-7-8-12-24-23(26-16-22-28-27-19(5)29(22)6)25-15-20-10-9-18(4)14-21(20)30-13-11-17(2)3;/h9-10,14,17H,7-8,11-13,15-16H2,1-6H3,(H2,24,25,26);1H. The second-order valence-corrected chi connectivity index (χ2v) is 8.16. The molecule has 0 aliphatic rings. The molecular weight excluding hydrogens is 503 g/mol. The Bertz CT molecular complexity index is 818. The molecule has 0 spiro atoms. The topological polar surface area (TPSA) is 76.4 Å². The van der Waals surface area contributed by atoms with Crippen LogP contribution in [0.4, 0.5) is 0 Å². The number of benzene rings is 1. The van der Waals surface area contributed by atoms with Crippen LogP contribution < -0.4 is 15.4 Å². The summed E-state index contributed by atoms with van der Waals surface area (Å²) in [5, 5.41) is 15.1. The minimum atomic E-state index is 0. The van der Waals surface area contributed by atoms with Gasteiger partial charge in [-0.25, -0.2) is 4.99 Å². The van der Waals surface area contributed by atoms with E-state index in [0.717, 1.165) is 61.3 Å². The van der Waals surface area contributed by atoms with Gasteiger partial charge in [-0.1, -0.05) is 39.3 Å².